The first kappa shape index (κ1) is 15.4. The lowest BCUT2D eigenvalue weighted by atomic mass is 10.1. The molecule has 4 heteroatoms. The van der Waals surface area contributed by atoms with Crippen LogP contribution >= 0.6 is 11.6 Å². The lowest BCUT2D eigenvalue weighted by Crippen LogP contribution is -2.15. The maximum Gasteiger partial charge on any atom is 0.257 e. The molecule has 2 aromatic rings. The van der Waals surface area contributed by atoms with Crippen LogP contribution < -0.4 is 10.6 Å². The Morgan fingerprint density at radius 3 is 2.67 bits per heavy atom. The summed E-state index contributed by atoms with van der Waals surface area (Å²) in [6, 6.07) is 13.0. The third-order valence-corrected chi connectivity index (χ3v) is 3.44. The van der Waals surface area contributed by atoms with Gasteiger partial charge in [-0.05, 0) is 43.2 Å². The van der Waals surface area contributed by atoms with Gasteiger partial charge in [0.1, 0.15) is 0 Å². The van der Waals surface area contributed by atoms with Crippen molar-refractivity contribution in [1.82, 2.24) is 0 Å². The zero-order valence-corrected chi connectivity index (χ0v) is 13.0. The number of aryl methyl sites for hydroxylation is 1. The van der Waals surface area contributed by atoms with Crippen LogP contribution in [0.5, 0.6) is 0 Å². The Kier molecular flexibility index (Phi) is 5.23. The van der Waals surface area contributed by atoms with Gasteiger partial charge in [-0.2, -0.15) is 0 Å². The van der Waals surface area contributed by atoms with Gasteiger partial charge in [0.2, 0.25) is 0 Å². The van der Waals surface area contributed by atoms with Crippen molar-refractivity contribution >= 4 is 28.9 Å². The number of hydrogen-bond acceptors (Lipinski definition) is 2. The number of carbonyl (C=O) groups excluding carboxylic acids is 1. The SMILES string of the molecule is CCCNc1ccccc1C(=O)Nc1cc(C)ccc1Cl. The molecule has 2 rings (SSSR count). The predicted octanol–water partition coefficient (Wildman–Crippen LogP) is 4.72. The fraction of sp³-hybridized carbons (Fsp3) is 0.235. The van der Waals surface area contributed by atoms with E-state index < -0.39 is 0 Å². The second-order valence-electron chi connectivity index (χ2n) is 4.91. The number of carbonyl (C=O) groups is 1. The van der Waals surface area contributed by atoms with E-state index in [9.17, 15) is 4.79 Å². The summed E-state index contributed by atoms with van der Waals surface area (Å²) in [5.74, 6) is -0.165. The minimum Gasteiger partial charge on any atom is -0.384 e. The van der Waals surface area contributed by atoms with Gasteiger partial charge in [-0.1, -0.05) is 36.7 Å². The number of hydrogen-bond donors (Lipinski definition) is 2. The van der Waals surface area contributed by atoms with Crippen LogP contribution in [-0.2, 0) is 0 Å². The van der Waals surface area contributed by atoms with Gasteiger partial charge < -0.3 is 10.6 Å². The number of halogens is 1. The average molecular weight is 303 g/mol. The first-order chi connectivity index (χ1) is 10.1. The molecule has 0 fully saturated rings. The van der Waals surface area contributed by atoms with Gasteiger partial charge in [0.05, 0.1) is 16.3 Å². The van der Waals surface area contributed by atoms with E-state index in [0.717, 1.165) is 24.2 Å². The molecule has 0 aliphatic heterocycles. The number of nitrogens with one attached hydrogen (secondary N) is 2. The first-order valence-corrected chi connectivity index (χ1v) is 7.40. The molecule has 0 unspecified atom stereocenters. The minimum absolute atomic E-state index is 0.165. The fourth-order valence-corrected chi connectivity index (χ4v) is 2.18. The number of anilines is 2. The van der Waals surface area contributed by atoms with E-state index in [4.69, 9.17) is 11.6 Å². The molecule has 0 atom stereocenters. The van der Waals surface area contributed by atoms with E-state index >= 15 is 0 Å². The second kappa shape index (κ2) is 7.14. The van der Waals surface area contributed by atoms with E-state index in [2.05, 4.69) is 17.6 Å². The molecule has 0 saturated carbocycles. The maximum absolute atomic E-state index is 12.5. The number of benzene rings is 2. The molecule has 0 spiro atoms. The van der Waals surface area contributed by atoms with Crippen molar-refractivity contribution in [1.29, 1.82) is 0 Å². The third kappa shape index (κ3) is 3.99. The van der Waals surface area contributed by atoms with Crippen molar-refractivity contribution in [2.24, 2.45) is 0 Å². The Labute approximate surface area is 130 Å². The van der Waals surface area contributed by atoms with Crippen molar-refractivity contribution < 1.29 is 4.79 Å². The highest BCUT2D eigenvalue weighted by Gasteiger charge is 2.12. The first-order valence-electron chi connectivity index (χ1n) is 7.02. The summed E-state index contributed by atoms with van der Waals surface area (Å²) in [6.45, 7) is 4.88. The molecule has 0 bridgehead atoms. The standard InChI is InChI=1S/C17H19ClN2O/c1-3-10-19-15-7-5-4-6-13(15)17(21)20-16-11-12(2)8-9-14(16)18/h4-9,11,19H,3,10H2,1-2H3,(H,20,21). The van der Waals surface area contributed by atoms with E-state index in [0.29, 0.717) is 16.3 Å². The lowest BCUT2D eigenvalue weighted by molar-refractivity contribution is 0.102. The quantitative estimate of drug-likeness (QED) is 0.839. The molecule has 21 heavy (non-hydrogen) atoms. The predicted molar refractivity (Wildman–Crippen MR) is 89.4 cm³/mol. The molecule has 2 N–H and O–H groups in total. The van der Waals surface area contributed by atoms with Crippen LogP contribution in [0.1, 0.15) is 29.3 Å². The fourth-order valence-electron chi connectivity index (χ4n) is 2.02. The zero-order chi connectivity index (χ0) is 15.2. The Balaban J connectivity index is 2.22. The number of rotatable bonds is 5. The third-order valence-electron chi connectivity index (χ3n) is 3.11. The molecule has 0 aromatic heterocycles. The van der Waals surface area contributed by atoms with Gasteiger partial charge >= 0.3 is 0 Å². The van der Waals surface area contributed by atoms with Crippen molar-refractivity contribution in [2.45, 2.75) is 20.3 Å². The monoisotopic (exact) mass is 302 g/mol. The van der Waals surface area contributed by atoms with Crippen molar-refractivity contribution in [2.75, 3.05) is 17.2 Å². The van der Waals surface area contributed by atoms with E-state index in [1.54, 1.807) is 12.1 Å². The zero-order valence-electron chi connectivity index (χ0n) is 12.2. The van der Waals surface area contributed by atoms with Crippen LogP contribution in [0.3, 0.4) is 0 Å². The summed E-state index contributed by atoms with van der Waals surface area (Å²) >= 11 is 6.12. The van der Waals surface area contributed by atoms with Crippen molar-refractivity contribution in [3.05, 3.63) is 58.6 Å². The number of amides is 1. The van der Waals surface area contributed by atoms with E-state index in [1.165, 1.54) is 0 Å². The van der Waals surface area contributed by atoms with Gasteiger partial charge in [0, 0.05) is 12.2 Å². The van der Waals surface area contributed by atoms with Gasteiger partial charge in [-0.3, -0.25) is 4.79 Å². The van der Waals surface area contributed by atoms with Crippen LogP contribution in [0.15, 0.2) is 42.5 Å². The van der Waals surface area contributed by atoms with Crippen molar-refractivity contribution in [3.8, 4) is 0 Å². The van der Waals surface area contributed by atoms with Gasteiger partial charge in [0.25, 0.3) is 5.91 Å². The molecule has 1 amide bonds. The summed E-state index contributed by atoms with van der Waals surface area (Å²) in [6.07, 6.45) is 1.000. The highest BCUT2D eigenvalue weighted by Crippen LogP contribution is 2.24. The van der Waals surface area contributed by atoms with Gasteiger partial charge in [-0.25, -0.2) is 0 Å². The summed E-state index contributed by atoms with van der Waals surface area (Å²) in [5.41, 5.74) is 3.13. The molecule has 0 heterocycles. The van der Waals surface area contributed by atoms with Crippen LogP contribution in [-0.4, -0.2) is 12.5 Å². The largest absolute Gasteiger partial charge is 0.384 e. The number of para-hydroxylation sites is 1. The maximum atomic E-state index is 12.5. The smallest absolute Gasteiger partial charge is 0.257 e. The van der Waals surface area contributed by atoms with E-state index in [-0.39, 0.29) is 5.91 Å². The van der Waals surface area contributed by atoms with Crippen LogP contribution in [0.25, 0.3) is 0 Å². The summed E-state index contributed by atoms with van der Waals surface area (Å²) in [7, 11) is 0. The van der Waals surface area contributed by atoms with Crippen LogP contribution in [0.4, 0.5) is 11.4 Å². The minimum atomic E-state index is -0.165. The highest BCUT2D eigenvalue weighted by atomic mass is 35.5. The molecule has 0 aliphatic carbocycles. The Morgan fingerprint density at radius 1 is 1.14 bits per heavy atom. The molecular weight excluding hydrogens is 284 g/mol. The average Bonchev–Trinajstić information content (AvgIpc) is 2.49. The van der Waals surface area contributed by atoms with E-state index in [1.807, 2.05) is 37.3 Å². The molecule has 110 valence electrons. The summed E-state index contributed by atoms with van der Waals surface area (Å²) < 4.78 is 0. The molecular formula is C17H19ClN2O. The Hall–Kier alpha value is -2.00. The van der Waals surface area contributed by atoms with Gasteiger partial charge in [0.15, 0.2) is 0 Å². The molecule has 0 radical (unpaired) electrons. The second-order valence-corrected chi connectivity index (χ2v) is 5.32. The topological polar surface area (TPSA) is 41.1 Å². The van der Waals surface area contributed by atoms with Crippen LogP contribution in [0, 0.1) is 6.92 Å². The highest BCUT2D eigenvalue weighted by molar-refractivity contribution is 6.34. The normalized spacial score (nSPS) is 10.2. The molecule has 0 aliphatic rings. The molecule has 0 saturated heterocycles. The Bertz CT molecular complexity index is 640. The molecule has 3 nitrogen and oxygen atoms in total. The van der Waals surface area contributed by atoms with Gasteiger partial charge in [-0.15, -0.1) is 0 Å². The van der Waals surface area contributed by atoms with Crippen LogP contribution in [0.2, 0.25) is 5.02 Å². The summed E-state index contributed by atoms with van der Waals surface area (Å²) in [4.78, 5) is 12.5. The summed E-state index contributed by atoms with van der Waals surface area (Å²) in [5, 5.41) is 6.67. The lowest BCUT2D eigenvalue weighted by Gasteiger charge is -2.12. The molecule has 2 aromatic carbocycles. The van der Waals surface area contributed by atoms with Crippen molar-refractivity contribution in [3.63, 3.8) is 0 Å². The Morgan fingerprint density at radius 2 is 1.90 bits per heavy atom.